The number of aromatic nitrogens is 2. The summed E-state index contributed by atoms with van der Waals surface area (Å²) in [6.45, 7) is 2.27. The standard InChI is InChI=1S/C26H20N2O4/c1-18-7-5-6-10-23(18)32-25-17-31-24-13-21(11-12-22(24)26(25)29)30-16-19-14-27-28(15-19)20-8-3-2-4-9-20/h2-15,17H,16H2,1H3. The van der Waals surface area contributed by atoms with E-state index in [0.717, 1.165) is 16.8 Å². The van der Waals surface area contributed by atoms with Gasteiger partial charge in [-0.3, -0.25) is 4.79 Å². The summed E-state index contributed by atoms with van der Waals surface area (Å²) in [5, 5.41) is 4.80. The monoisotopic (exact) mass is 424 g/mol. The van der Waals surface area contributed by atoms with E-state index in [1.165, 1.54) is 6.26 Å². The topological polar surface area (TPSA) is 66.5 Å². The molecule has 6 nitrogen and oxygen atoms in total. The first-order chi connectivity index (χ1) is 15.7. The van der Waals surface area contributed by atoms with Crippen LogP contribution in [-0.4, -0.2) is 9.78 Å². The zero-order chi connectivity index (χ0) is 21.9. The fourth-order valence-corrected chi connectivity index (χ4v) is 3.36. The molecule has 0 aliphatic heterocycles. The SMILES string of the molecule is Cc1ccccc1Oc1coc2cc(OCc3cnn(-c4ccccc4)c3)ccc2c1=O. The highest BCUT2D eigenvalue weighted by molar-refractivity contribution is 5.79. The summed E-state index contributed by atoms with van der Waals surface area (Å²) in [5.74, 6) is 1.37. The zero-order valence-electron chi connectivity index (χ0n) is 17.4. The quantitative estimate of drug-likeness (QED) is 0.352. The first kappa shape index (κ1) is 19.6. The number of fused-ring (bicyclic) bond motifs is 1. The summed E-state index contributed by atoms with van der Waals surface area (Å²) < 4.78 is 19.1. The third-order valence-electron chi connectivity index (χ3n) is 5.09. The van der Waals surface area contributed by atoms with Gasteiger partial charge in [-0.25, -0.2) is 4.68 Å². The van der Waals surface area contributed by atoms with Crippen molar-refractivity contribution in [3.8, 4) is 22.9 Å². The third-order valence-corrected chi connectivity index (χ3v) is 5.09. The lowest BCUT2D eigenvalue weighted by Gasteiger charge is -2.09. The van der Waals surface area contributed by atoms with Crippen LogP contribution in [-0.2, 0) is 6.61 Å². The van der Waals surface area contributed by atoms with Crippen LogP contribution in [0, 0.1) is 6.92 Å². The van der Waals surface area contributed by atoms with Gasteiger partial charge in [-0.15, -0.1) is 0 Å². The largest absolute Gasteiger partial charge is 0.489 e. The van der Waals surface area contributed by atoms with Gasteiger partial charge < -0.3 is 13.9 Å². The van der Waals surface area contributed by atoms with Gasteiger partial charge in [0.2, 0.25) is 11.2 Å². The summed E-state index contributed by atoms with van der Waals surface area (Å²) >= 11 is 0. The molecule has 5 rings (SSSR count). The van der Waals surface area contributed by atoms with Gasteiger partial charge in [-0.1, -0.05) is 36.4 Å². The third kappa shape index (κ3) is 3.98. The molecular weight excluding hydrogens is 404 g/mol. The number of ether oxygens (including phenoxy) is 2. The molecular formula is C26H20N2O4. The molecule has 0 bridgehead atoms. The van der Waals surface area contributed by atoms with Crippen LogP contribution in [0.4, 0.5) is 0 Å². The van der Waals surface area contributed by atoms with Gasteiger partial charge >= 0.3 is 0 Å². The summed E-state index contributed by atoms with van der Waals surface area (Å²) in [6, 6.07) is 22.5. The lowest BCUT2D eigenvalue weighted by molar-refractivity contribution is 0.306. The van der Waals surface area contributed by atoms with Gasteiger partial charge in [-0.05, 0) is 42.8 Å². The molecule has 2 heterocycles. The number of para-hydroxylation sites is 2. The van der Waals surface area contributed by atoms with Crippen LogP contribution >= 0.6 is 0 Å². The number of rotatable bonds is 6. The van der Waals surface area contributed by atoms with Crippen LogP contribution in [0.2, 0.25) is 0 Å². The molecule has 0 aliphatic rings. The number of nitrogens with zero attached hydrogens (tertiary/aromatic N) is 2. The second kappa shape index (κ2) is 8.43. The van der Waals surface area contributed by atoms with Crippen molar-refractivity contribution in [1.29, 1.82) is 0 Å². The molecule has 3 aromatic carbocycles. The van der Waals surface area contributed by atoms with Gasteiger partial charge in [0.15, 0.2) is 0 Å². The second-order valence-electron chi connectivity index (χ2n) is 7.37. The van der Waals surface area contributed by atoms with E-state index in [9.17, 15) is 4.79 Å². The predicted octanol–water partition coefficient (Wildman–Crippen LogP) is 5.66. The smallest absolute Gasteiger partial charge is 0.235 e. The highest BCUT2D eigenvalue weighted by Crippen LogP contribution is 2.26. The molecule has 0 radical (unpaired) electrons. The molecule has 6 heteroatoms. The second-order valence-corrected chi connectivity index (χ2v) is 7.37. The zero-order valence-corrected chi connectivity index (χ0v) is 17.4. The highest BCUT2D eigenvalue weighted by Gasteiger charge is 2.11. The molecule has 2 aromatic heterocycles. The molecule has 0 saturated carbocycles. The van der Waals surface area contributed by atoms with Crippen molar-refractivity contribution in [1.82, 2.24) is 9.78 Å². The van der Waals surface area contributed by atoms with Gasteiger partial charge in [0.25, 0.3) is 0 Å². The minimum atomic E-state index is -0.231. The summed E-state index contributed by atoms with van der Waals surface area (Å²) in [7, 11) is 0. The Morgan fingerprint density at radius 2 is 1.78 bits per heavy atom. The predicted molar refractivity (Wildman–Crippen MR) is 122 cm³/mol. The first-order valence-electron chi connectivity index (χ1n) is 10.2. The molecule has 0 saturated heterocycles. The number of hydrogen-bond donors (Lipinski definition) is 0. The average molecular weight is 424 g/mol. The fourth-order valence-electron chi connectivity index (χ4n) is 3.36. The van der Waals surface area contributed by atoms with Crippen LogP contribution < -0.4 is 14.9 Å². The van der Waals surface area contributed by atoms with Crippen LogP contribution in [0.25, 0.3) is 16.7 Å². The normalized spacial score (nSPS) is 10.9. The molecule has 158 valence electrons. The maximum Gasteiger partial charge on any atom is 0.235 e. The van der Waals surface area contributed by atoms with E-state index in [4.69, 9.17) is 13.9 Å². The number of aryl methyl sites for hydroxylation is 1. The Morgan fingerprint density at radius 3 is 2.62 bits per heavy atom. The lowest BCUT2D eigenvalue weighted by atomic mass is 10.2. The molecule has 0 fully saturated rings. The average Bonchev–Trinajstić information content (AvgIpc) is 3.31. The molecule has 0 unspecified atom stereocenters. The fraction of sp³-hybridized carbons (Fsp3) is 0.0769. The molecule has 0 atom stereocenters. The molecule has 32 heavy (non-hydrogen) atoms. The van der Waals surface area contributed by atoms with E-state index in [0.29, 0.717) is 29.1 Å². The summed E-state index contributed by atoms with van der Waals surface area (Å²) in [5.41, 5.74) is 3.05. The number of benzene rings is 3. The van der Waals surface area contributed by atoms with Crippen molar-refractivity contribution in [3.05, 3.63) is 113 Å². The van der Waals surface area contributed by atoms with E-state index in [2.05, 4.69) is 5.10 Å². The molecule has 5 aromatic rings. The Morgan fingerprint density at radius 1 is 0.969 bits per heavy atom. The Bertz CT molecular complexity index is 1440. The minimum absolute atomic E-state index is 0.147. The van der Waals surface area contributed by atoms with E-state index in [1.54, 1.807) is 29.1 Å². The van der Waals surface area contributed by atoms with E-state index >= 15 is 0 Å². The van der Waals surface area contributed by atoms with Crippen molar-refractivity contribution in [2.24, 2.45) is 0 Å². The van der Waals surface area contributed by atoms with Crippen LogP contribution in [0.15, 0.2) is 101 Å². The van der Waals surface area contributed by atoms with Gasteiger partial charge in [0.1, 0.15) is 30.0 Å². The first-order valence-corrected chi connectivity index (χ1v) is 10.2. The van der Waals surface area contributed by atoms with Crippen molar-refractivity contribution in [2.75, 3.05) is 0 Å². The molecule has 0 N–H and O–H groups in total. The van der Waals surface area contributed by atoms with Crippen molar-refractivity contribution >= 4 is 11.0 Å². The molecule has 0 amide bonds. The Hall–Kier alpha value is -4.32. The van der Waals surface area contributed by atoms with Gasteiger partial charge in [0.05, 0.1) is 17.3 Å². The van der Waals surface area contributed by atoms with Crippen molar-refractivity contribution in [2.45, 2.75) is 13.5 Å². The van der Waals surface area contributed by atoms with Crippen LogP contribution in [0.1, 0.15) is 11.1 Å². The van der Waals surface area contributed by atoms with Crippen LogP contribution in [0.3, 0.4) is 0 Å². The van der Waals surface area contributed by atoms with Gasteiger partial charge in [0, 0.05) is 17.8 Å². The number of hydrogen-bond acceptors (Lipinski definition) is 5. The maximum atomic E-state index is 12.8. The minimum Gasteiger partial charge on any atom is -0.489 e. The van der Waals surface area contributed by atoms with E-state index in [-0.39, 0.29) is 11.2 Å². The highest BCUT2D eigenvalue weighted by atomic mass is 16.5. The van der Waals surface area contributed by atoms with E-state index in [1.807, 2.05) is 67.7 Å². The molecule has 0 spiro atoms. The maximum absolute atomic E-state index is 12.8. The summed E-state index contributed by atoms with van der Waals surface area (Å²) in [6.07, 6.45) is 5.03. The van der Waals surface area contributed by atoms with Crippen LogP contribution in [0.5, 0.6) is 17.2 Å². The van der Waals surface area contributed by atoms with Crippen molar-refractivity contribution in [3.63, 3.8) is 0 Å². The Kier molecular flexibility index (Phi) is 5.17. The van der Waals surface area contributed by atoms with Gasteiger partial charge in [-0.2, -0.15) is 5.10 Å². The Balaban J connectivity index is 1.32. The summed E-state index contributed by atoms with van der Waals surface area (Å²) in [4.78, 5) is 12.8. The Labute approximate surface area is 184 Å². The lowest BCUT2D eigenvalue weighted by Crippen LogP contribution is -2.05. The van der Waals surface area contributed by atoms with Crippen molar-refractivity contribution < 1.29 is 13.9 Å². The molecule has 0 aliphatic carbocycles. The van der Waals surface area contributed by atoms with E-state index < -0.39 is 0 Å².